The van der Waals surface area contributed by atoms with Crippen LogP contribution in [0.25, 0.3) is 10.9 Å². The maximum Gasteiger partial charge on any atom is 0.272 e. The maximum atomic E-state index is 14.0. The topological polar surface area (TPSA) is 53.5 Å². The molecule has 32 heavy (non-hydrogen) atoms. The molecule has 0 aliphatic carbocycles. The van der Waals surface area contributed by atoms with E-state index in [1.807, 2.05) is 46.2 Å². The Morgan fingerprint density at radius 3 is 2.72 bits per heavy atom. The van der Waals surface area contributed by atoms with Gasteiger partial charge in [0.1, 0.15) is 11.5 Å². The third kappa shape index (κ3) is 3.97. The molecule has 1 aromatic heterocycles. The van der Waals surface area contributed by atoms with Gasteiger partial charge in [-0.15, -0.1) is 0 Å². The Morgan fingerprint density at radius 1 is 1.03 bits per heavy atom. The number of carbonyl (C=O) groups excluding carboxylic acids is 2. The molecule has 5 nitrogen and oxygen atoms in total. The SMILES string of the molecule is O=C(c1ccc2ccccc2n1)N1CC[C@H]2[C@H](CCC(=O)N2CCc2ccccc2F)C1. The minimum absolute atomic E-state index is 0.0518. The second-order valence-electron chi connectivity index (χ2n) is 8.72. The lowest BCUT2D eigenvalue weighted by atomic mass is 9.83. The summed E-state index contributed by atoms with van der Waals surface area (Å²) in [7, 11) is 0. The number of nitrogens with zero attached hydrogens (tertiary/aromatic N) is 3. The monoisotopic (exact) mass is 431 g/mol. The van der Waals surface area contributed by atoms with Crippen LogP contribution in [0.5, 0.6) is 0 Å². The highest BCUT2D eigenvalue weighted by Crippen LogP contribution is 2.32. The molecule has 3 aromatic rings. The fourth-order valence-electron chi connectivity index (χ4n) is 5.12. The minimum atomic E-state index is -0.225. The van der Waals surface area contributed by atoms with Crippen molar-refractivity contribution in [1.29, 1.82) is 0 Å². The number of para-hydroxylation sites is 1. The number of piperidine rings is 2. The Hall–Kier alpha value is -3.28. The molecule has 2 saturated heterocycles. The maximum absolute atomic E-state index is 14.0. The number of fused-ring (bicyclic) bond motifs is 2. The largest absolute Gasteiger partial charge is 0.339 e. The Balaban J connectivity index is 1.27. The van der Waals surface area contributed by atoms with Crippen LogP contribution < -0.4 is 0 Å². The molecular formula is C26H26FN3O2. The fraction of sp³-hybridized carbons (Fsp3) is 0.346. The molecule has 2 aliphatic heterocycles. The molecule has 2 fully saturated rings. The van der Waals surface area contributed by atoms with Crippen LogP contribution >= 0.6 is 0 Å². The first-order valence-electron chi connectivity index (χ1n) is 11.3. The van der Waals surface area contributed by atoms with Crippen molar-refractivity contribution in [2.24, 2.45) is 5.92 Å². The average Bonchev–Trinajstić information content (AvgIpc) is 2.83. The summed E-state index contributed by atoms with van der Waals surface area (Å²) in [4.78, 5) is 34.2. The highest BCUT2D eigenvalue weighted by atomic mass is 19.1. The number of aromatic nitrogens is 1. The zero-order valence-corrected chi connectivity index (χ0v) is 17.9. The predicted molar refractivity (Wildman–Crippen MR) is 121 cm³/mol. The van der Waals surface area contributed by atoms with Crippen molar-refractivity contribution in [3.8, 4) is 0 Å². The molecule has 164 valence electrons. The lowest BCUT2D eigenvalue weighted by Crippen LogP contribution is -2.57. The Bertz CT molecular complexity index is 1160. The first kappa shape index (κ1) is 20.6. The van der Waals surface area contributed by atoms with Crippen molar-refractivity contribution < 1.29 is 14.0 Å². The van der Waals surface area contributed by atoms with Gasteiger partial charge in [-0.05, 0) is 48.9 Å². The average molecular weight is 432 g/mol. The van der Waals surface area contributed by atoms with Gasteiger partial charge in [-0.3, -0.25) is 9.59 Å². The van der Waals surface area contributed by atoms with Crippen LogP contribution in [0.1, 0.15) is 35.3 Å². The van der Waals surface area contributed by atoms with Crippen molar-refractivity contribution in [1.82, 2.24) is 14.8 Å². The van der Waals surface area contributed by atoms with E-state index in [9.17, 15) is 14.0 Å². The van der Waals surface area contributed by atoms with Crippen LogP contribution in [-0.4, -0.2) is 52.3 Å². The molecule has 2 atom stereocenters. The molecule has 5 rings (SSSR count). The second kappa shape index (κ2) is 8.69. The van der Waals surface area contributed by atoms with E-state index in [4.69, 9.17) is 0 Å². The minimum Gasteiger partial charge on any atom is -0.339 e. The summed E-state index contributed by atoms with van der Waals surface area (Å²) in [5, 5.41) is 1.01. The summed E-state index contributed by atoms with van der Waals surface area (Å²) < 4.78 is 14.0. The zero-order chi connectivity index (χ0) is 22.1. The predicted octanol–water partition coefficient (Wildman–Crippen LogP) is 4.07. The van der Waals surface area contributed by atoms with E-state index in [2.05, 4.69) is 4.98 Å². The van der Waals surface area contributed by atoms with Crippen LogP contribution in [0.15, 0.2) is 60.7 Å². The smallest absolute Gasteiger partial charge is 0.272 e. The van der Waals surface area contributed by atoms with E-state index in [-0.39, 0.29) is 29.6 Å². The number of benzene rings is 2. The highest BCUT2D eigenvalue weighted by Gasteiger charge is 2.40. The molecular weight excluding hydrogens is 405 g/mol. The number of hydrogen-bond acceptors (Lipinski definition) is 3. The van der Waals surface area contributed by atoms with Gasteiger partial charge in [-0.1, -0.05) is 42.5 Å². The molecule has 2 amide bonds. The van der Waals surface area contributed by atoms with Gasteiger partial charge in [0.25, 0.3) is 5.91 Å². The third-order valence-corrected chi connectivity index (χ3v) is 6.83. The summed E-state index contributed by atoms with van der Waals surface area (Å²) in [6.07, 6.45) is 2.52. The summed E-state index contributed by atoms with van der Waals surface area (Å²) in [5.74, 6) is 0.103. The first-order chi connectivity index (χ1) is 15.6. The van der Waals surface area contributed by atoms with Gasteiger partial charge in [0.15, 0.2) is 0 Å². The summed E-state index contributed by atoms with van der Waals surface area (Å²) in [6, 6.07) is 18.4. The number of hydrogen-bond donors (Lipinski definition) is 0. The Kier molecular flexibility index (Phi) is 5.60. The summed E-state index contributed by atoms with van der Waals surface area (Å²) in [6.45, 7) is 1.74. The second-order valence-corrected chi connectivity index (χ2v) is 8.72. The van der Waals surface area contributed by atoms with Crippen LogP contribution in [0, 0.1) is 11.7 Å². The number of carbonyl (C=O) groups is 2. The molecule has 2 aromatic carbocycles. The lowest BCUT2D eigenvalue weighted by molar-refractivity contribution is -0.140. The molecule has 6 heteroatoms. The van der Waals surface area contributed by atoms with E-state index in [1.165, 1.54) is 6.07 Å². The number of pyridine rings is 1. The quantitative estimate of drug-likeness (QED) is 0.626. The van der Waals surface area contributed by atoms with Gasteiger partial charge in [-0.2, -0.15) is 0 Å². The zero-order valence-electron chi connectivity index (χ0n) is 17.9. The molecule has 0 spiro atoms. The summed E-state index contributed by atoms with van der Waals surface area (Å²) >= 11 is 0. The number of likely N-dealkylation sites (tertiary alicyclic amines) is 2. The van der Waals surface area contributed by atoms with Crippen molar-refractivity contribution in [3.63, 3.8) is 0 Å². The molecule has 0 radical (unpaired) electrons. The van der Waals surface area contributed by atoms with Gasteiger partial charge in [0.2, 0.25) is 5.91 Å². The van der Waals surface area contributed by atoms with E-state index in [1.54, 1.807) is 18.2 Å². The summed E-state index contributed by atoms with van der Waals surface area (Å²) in [5.41, 5.74) is 1.92. The van der Waals surface area contributed by atoms with Crippen LogP contribution in [0.3, 0.4) is 0 Å². The number of rotatable bonds is 4. The molecule has 0 N–H and O–H groups in total. The Morgan fingerprint density at radius 2 is 1.84 bits per heavy atom. The molecule has 0 bridgehead atoms. The standard InChI is InChI=1S/C26H26FN3O2/c27-21-7-3-1-5-18(21)13-16-30-24-14-15-29(17-20(24)10-12-25(30)31)26(32)23-11-9-19-6-2-4-8-22(19)28-23/h1-9,11,20,24H,10,12-17H2/t20-,24+/m1/s1. The molecule has 3 heterocycles. The Labute approximate surface area is 186 Å². The highest BCUT2D eigenvalue weighted by molar-refractivity contribution is 5.95. The van der Waals surface area contributed by atoms with Crippen LogP contribution in [0.4, 0.5) is 4.39 Å². The van der Waals surface area contributed by atoms with Crippen molar-refractivity contribution >= 4 is 22.7 Å². The van der Waals surface area contributed by atoms with Crippen LogP contribution in [-0.2, 0) is 11.2 Å². The van der Waals surface area contributed by atoms with Gasteiger partial charge in [0, 0.05) is 37.5 Å². The molecule has 0 saturated carbocycles. The lowest BCUT2D eigenvalue weighted by Gasteiger charge is -2.47. The van der Waals surface area contributed by atoms with E-state index in [0.29, 0.717) is 43.7 Å². The molecule has 2 aliphatic rings. The van der Waals surface area contributed by atoms with E-state index in [0.717, 1.165) is 23.7 Å². The van der Waals surface area contributed by atoms with Crippen molar-refractivity contribution in [3.05, 3.63) is 77.7 Å². The number of halogens is 1. The van der Waals surface area contributed by atoms with Crippen molar-refractivity contribution in [2.45, 2.75) is 31.7 Å². The van der Waals surface area contributed by atoms with Gasteiger partial charge in [-0.25, -0.2) is 9.37 Å². The first-order valence-corrected chi connectivity index (χ1v) is 11.3. The van der Waals surface area contributed by atoms with Crippen molar-refractivity contribution in [2.75, 3.05) is 19.6 Å². The normalized spacial score (nSPS) is 21.0. The molecule has 0 unspecified atom stereocenters. The van der Waals surface area contributed by atoms with Gasteiger partial charge < -0.3 is 9.80 Å². The van der Waals surface area contributed by atoms with E-state index >= 15 is 0 Å². The fourth-order valence-corrected chi connectivity index (χ4v) is 5.12. The van der Waals surface area contributed by atoms with Gasteiger partial charge in [0.05, 0.1) is 5.52 Å². The van der Waals surface area contributed by atoms with Gasteiger partial charge >= 0.3 is 0 Å². The third-order valence-electron chi connectivity index (χ3n) is 6.83. The number of amides is 2. The van der Waals surface area contributed by atoms with E-state index < -0.39 is 0 Å². The van der Waals surface area contributed by atoms with Crippen LogP contribution in [0.2, 0.25) is 0 Å².